The van der Waals surface area contributed by atoms with Crippen LogP contribution in [0.2, 0.25) is 0 Å². The van der Waals surface area contributed by atoms with Crippen molar-refractivity contribution in [3.63, 3.8) is 0 Å². The van der Waals surface area contributed by atoms with E-state index in [-0.39, 0.29) is 11.9 Å². The van der Waals surface area contributed by atoms with Gasteiger partial charge in [0.05, 0.1) is 11.4 Å². The van der Waals surface area contributed by atoms with Gasteiger partial charge in [0, 0.05) is 10.9 Å². The SMILES string of the molecule is CC(N)CC/C=C/c1ccc2c(c1)NC(=O)CS2. The molecule has 96 valence electrons. The first-order valence-electron chi connectivity index (χ1n) is 6.14. The molecule has 1 unspecified atom stereocenters. The first-order chi connectivity index (χ1) is 8.65. The highest BCUT2D eigenvalue weighted by atomic mass is 32.2. The van der Waals surface area contributed by atoms with Crippen molar-refractivity contribution < 1.29 is 4.79 Å². The Bertz CT molecular complexity index is 469. The van der Waals surface area contributed by atoms with Gasteiger partial charge in [-0.2, -0.15) is 0 Å². The molecule has 1 aliphatic rings. The highest BCUT2D eigenvalue weighted by molar-refractivity contribution is 8.00. The molecule has 3 N–H and O–H groups in total. The van der Waals surface area contributed by atoms with Gasteiger partial charge in [-0.05, 0) is 37.5 Å². The van der Waals surface area contributed by atoms with Crippen LogP contribution in [0.3, 0.4) is 0 Å². The topological polar surface area (TPSA) is 55.1 Å². The summed E-state index contributed by atoms with van der Waals surface area (Å²) in [5.74, 6) is 0.585. The van der Waals surface area contributed by atoms with E-state index in [0.717, 1.165) is 29.0 Å². The fraction of sp³-hybridized carbons (Fsp3) is 0.357. The first kappa shape index (κ1) is 13.2. The van der Waals surface area contributed by atoms with Gasteiger partial charge >= 0.3 is 0 Å². The van der Waals surface area contributed by atoms with E-state index < -0.39 is 0 Å². The molecular weight excluding hydrogens is 244 g/mol. The van der Waals surface area contributed by atoms with Crippen molar-refractivity contribution in [1.82, 2.24) is 0 Å². The maximum Gasteiger partial charge on any atom is 0.234 e. The molecule has 0 fully saturated rings. The maximum atomic E-state index is 11.3. The molecule has 0 saturated heterocycles. The molecule has 0 radical (unpaired) electrons. The van der Waals surface area contributed by atoms with Gasteiger partial charge in [-0.15, -0.1) is 11.8 Å². The largest absolute Gasteiger partial charge is 0.328 e. The summed E-state index contributed by atoms with van der Waals surface area (Å²) in [4.78, 5) is 12.4. The second-order valence-corrected chi connectivity index (χ2v) is 5.57. The maximum absolute atomic E-state index is 11.3. The number of benzene rings is 1. The Morgan fingerprint density at radius 3 is 3.17 bits per heavy atom. The van der Waals surface area contributed by atoms with Crippen molar-refractivity contribution in [2.75, 3.05) is 11.1 Å². The van der Waals surface area contributed by atoms with E-state index in [1.54, 1.807) is 11.8 Å². The number of hydrogen-bond donors (Lipinski definition) is 2. The molecule has 0 saturated carbocycles. The van der Waals surface area contributed by atoms with Crippen LogP contribution in [-0.4, -0.2) is 17.7 Å². The Morgan fingerprint density at radius 2 is 2.39 bits per heavy atom. The summed E-state index contributed by atoms with van der Waals surface area (Å²) >= 11 is 1.59. The lowest BCUT2D eigenvalue weighted by atomic mass is 10.1. The summed E-state index contributed by atoms with van der Waals surface area (Å²) in [6, 6.07) is 6.40. The summed E-state index contributed by atoms with van der Waals surface area (Å²) in [6.45, 7) is 2.01. The smallest absolute Gasteiger partial charge is 0.234 e. The Balaban J connectivity index is 2.02. The van der Waals surface area contributed by atoms with Gasteiger partial charge in [-0.25, -0.2) is 0 Å². The third kappa shape index (κ3) is 3.62. The number of carbonyl (C=O) groups excluding carboxylic acids is 1. The third-order valence-electron chi connectivity index (χ3n) is 2.74. The average Bonchev–Trinajstić information content (AvgIpc) is 2.34. The predicted molar refractivity (Wildman–Crippen MR) is 77.7 cm³/mol. The van der Waals surface area contributed by atoms with Gasteiger partial charge in [-0.1, -0.05) is 18.2 Å². The van der Waals surface area contributed by atoms with Crippen LogP contribution >= 0.6 is 11.8 Å². The fourth-order valence-electron chi connectivity index (χ4n) is 1.78. The molecule has 0 aromatic heterocycles. The molecule has 1 amide bonds. The molecule has 3 nitrogen and oxygen atoms in total. The number of fused-ring (bicyclic) bond motifs is 1. The monoisotopic (exact) mass is 262 g/mol. The van der Waals surface area contributed by atoms with E-state index in [1.165, 1.54) is 0 Å². The van der Waals surface area contributed by atoms with Gasteiger partial charge < -0.3 is 11.1 Å². The number of anilines is 1. The quantitative estimate of drug-likeness (QED) is 0.877. The van der Waals surface area contributed by atoms with Crippen molar-refractivity contribution >= 4 is 29.4 Å². The average molecular weight is 262 g/mol. The van der Waals surface area contributed by atoms with Gasteiger partial charge in [0.15, 0.2) is 0 Å². The summed E-state index contributed by atoms with van der Waals surface area (Å²) in [6.07, 6.45) is 6.18. The number of nitrogens with two attached hydrogens (primary N) is 1. The lowest BCUT2D eigenvalue weighted by molar-refractivity contribution is -0.113. The third-order valence-corrected chi connectivity index (χ3v) is 3.81. The number of rotatable bonds is 4. The minimum atomic E-state index is 0.0746. The molecule has 1 aliphatic heterocycles. The number of nitrogens with one attached hydrogen (secondary N) is 1. The predicted octanol–water partition coefficient (Wildman–Crippen LogP) is 2.87. The molecule has 4 heteroatoms. The van der Waals surface area contributed by atoms with Crippen LogP contribution in [0.15, 0.2) is 29.2 Å². The Kier molecular flexibility index (Phi) is 4.44. The molecule has 1 atom stereocenters. The summed E-state index contributed by atoms with van der Waals surface area (Å²) < 4.78 is 0. The second kappa shape index (κ2) is 6.07. The van der Waals surface area contributed by atoms with Crippen LogP contribution in [0, 0.1) is 0 Å². The molecule has 1 aromatic rings. The molecule has 0 bridgehead atoms. The minimum absolute atomic E-state index is 0.0746. The normalized spacial score (nSPS) is 16.4. The second-order valence-electron chi connectivity index (χ2n) is 4.55. The van der Waals surface area contributed by atoms with Crippen LogP contribution < -0.4 is 11.1 Å². The molecule has 0 spiro atoms. The first-order valence-corrected chi connectivity index (χ1v) is 7.12. The highest BCUT2D eigenvalue weighted by Crippen LogP contribution is 2.32. The zero-order valence-electron chi connectivity index (χ0n) is 10.5. The molecule has 2 rings (SSSR count). The summed E-state index contributed by atoms with van der Waals surface area (Å²) in [5, 5.41) is 2.90. The number of amides is 1. The lowest BCUT2D eigenvalue weighted by Gasteiger charge is -2.16. The highest BCUT2D eigenvalue weighted by Gasteiger charge is 2.14. The van der Waals surface area contributed by atoms with E-state index in [4.69, 9.17) is 5.73 Å². The lowest BCUT2D eigenvalue weighted by Crippen LogP contribution is -2.18. The van der Waals surface area contributed by atoms with Crippen molar-refractivity contribution in [2.45, 2.75) is 30.7 Å². The summed E-state index contributed by atoms with van der Waals surface area (Å²) in [7, 11) is 0. The van der Waals surface area contributed by atoms with E-state index >= 15 is 0 Å². The van der Waals surface area contributed by atoms with Gasteiger partial charge in [-0.3, -0.25) is 4.79 Å². The van der Waals surface area contributed by atoms with Gasteiger partial charge in [0.2, 0.25) is 5.91 Å². The van der Waals surface area contributed by atoms with Crippen molar-refractivity contribution in [2.24, 2.45) is 5.73 Å². The van der Waals surface area contributed by atoms with E-state index in [1.807, 2.05) is 13.0 Å². The van der Waals surface area contributed by atoms with Crippen LogP contribution in [0.1, 0.15) is 25.3 Å². The Labute approximate surface area is 112 Å². The molecule has 18 heavy (non-hydrogen) atoms. The fourth-order valence-corrected chi connectivity index (χ4v) is 2.57. The molecule has 1 heterocycles. The van der Waals surface area contributed by atoms with Gasteiger partial charge in [0.1, 0.15) is 0 Å². The molecule has 0 aliphatic carbocycles. The Morgan fingerprint density at radius 1 is 1.56 bits per heavy atom. The zero-order chi connectivity index (χ0) is 13.0. The number of allylic oxidation sites excluding steroid dienone is 1. The molecule has 1 aromatic carbocycles. The zero-order valence-corrected chi connectivity index (χ0v) is 11.3. The standard InChI is InChI=1S/C14H18N2OS/c1-10(15)4-2-3-5-11-6-7-13-12(8-11)16-14(17)9-18-13/h3,5-8,10H,2,4,9,15H2,1H3,(H,16,17)/b5-3+. The molecular formula is C14H18N2OS. The van der Waals surface area contributed by atoms with Crippen molar-refractivity contribution in [3.05, 3.63) is 29.8 Å². The van der Waals surface area contributed by atoms with E-state index in [9.17, 15) is 4.79 Å². The van der Waals surface area contributed by atoms with Crippen LogP contribution in [0.25, 0.3) is 6.08 Å². The van der Waals surface area contributed by atoms with Crippen LogP contribution in [0.4, 0.5) is 5.69 Å². The minimum Gasteiger partial charge on any atom is -0.328 e. The van der Waals surface area contributed by atoms with Crippen molar-refractivity contribution in [1.29, 1.82) is 0 Å². The van der Waals surface area contributed by atoms with E-state index in [2.05, 4.69) is 29.6 Å². The van der Waals surface area contributed by atoms with Gasteiger partial charge in [0.25, 0.3) is 0 Å². The van der Waals surface area contributed by atoms with Crippen LogP contribution in [0.5, 0.6) is 0 Å². The number of hydrogen-bond acceptors (Lipinski definition) is 3. The van der Waals surface area contributed by atoms with Crippen LogP contribution in [-0.2, 0) is 4.79 Å². The van der Waals surface area contributed by atoms with E-state index in [0.29, 0.717) is 5.75 Å². The Hall–Kier alpha value is -1.26. The summed E-state index contributed by atoms with van der Waals surface area (Å²) in [5.41, 5.74) is 7.73. The number of thioether (sulfide) groups is 1. The van der Waals surface area contributed by atoms with Crippen molar-refractivity contribution in [3.8, 4) is 0 Å². The number of carbonyl (C=O) groups is 1.